The van der Waals surface area contributed by atoms with Gasteiger partial charge in [0.15, 0.2) is 0 Å². The Morgan fingerprint density at radius 1 is 0.810 bits per heavy atom. The molecule has 0 saturated carbocycles. The first kappa shape index (κ1) is 19.4. The van der Waals surface area contributed by atoms with E-state index in [2.05, 4.69) is 11.3 Å². The van der Waals surface area contributed by atoms with Gasteiger partial charge in [-0.15, -0.1) is 0 Å². The standard InChI is InChI=1S/C8H3F11O2/c1-2-3(20)21-8(18,19)6(13,14)4(9,10)5(11,12)7(15,16)17/h2H,1H2/p+1. The van der Waals surface area contributed by atoms with Crippen molar-refractivity contribution in [3.8, 4) is 0 Å². The van der Waals surface area contributed by atoms with Crippen LogP contribution in [-0.2, 0) is 9.53 Å². The van der Waals surface area contributed by atoms with E-state index in [1.165, 1.54) is 0 Å². The second-order valence-corrected chi connectivity index (χ2v) is 3.36. The number of hydrogen-bond donors (Lipinski definition) is 0. The van der Waals surface area contributed by atoms with Gasteiger partial charge in [0.2, 0.25) is 0 Å². The highest BCUT2D eigenvalue weighted by molar-refractivity contribution is 5.81. The molecule has 0 saturated heterocycles. The van der Waals surface area contributed by atoms with Crippen LogP contribution in [0.25, 0.3) is 0 Å². The maximum atomic E-state index is 12.7. The van der Waals surface area contributed by atoms with Crippen molar-refractivity contribution in [2.45, 2.75) is 30.1 Å². The molecule has 124 valence electrons. The summed E-state index contributed by atoms with van der Waals surface area (Å²) in [6.45, 7) is 2.41. The maximum absolute atomic E-state index is 12.7. The molecule has 0 aromatic carbocycles. The lowest BCUT2D eigenvalue weighted by molar-refractivity contribution is -0.449. The second kappa shape index (κ2) is 5.02. The molecule has 13 heteroatoms. The van der Waals surface area contributed by atoms with Gasteiger partial charge in [-0.3, -0.25) is 0 Å². The number of carbonyl (C=O) groups is 1. The molecule has 0 unspecified atom stereocenters. The zero-order chi connectivity index (χ0) is 17.5. The van der Waals surface area contributed by atoms with Crippen molar-refractivity contribution in [3.63, 3.8) is 0 Å². The van der Waals surface area contributed by atoms with E-state index in [0.717, 1.165) is 0 Å². The summed E-state index contributed by atoms with van der Waals surface area (Å²) in [5, 5.41) is 0. The van der Waals surface area contributed by atoms with E-state index in [9.17, 15) is 53.1 Å². The van der Waals surface area contributed by atoms with E-state index in [-0.39, 0.29) is 7.50 Å². The minimum Gasteiger partial charge on any atom is -0.393 e. The van der Waals surface area contributed by atoms with Crippen LogP contribution in [0.15, 0.2) is 12.7 Å². The molecule has 0 spiro atoms. The second-order valence-electron chi connectivity index (χ2n) is 3.36. The van der Waals surface area contributed by atoms with Crippen LogP contribution in [0.4, 0.5) is 48.3 Å². The molecule has 0 aliphatic rings. The van der Waals surface area contributed by atoms with Crippen molar-refractivity contribution >= 4 is 5.97 Å². The van der Waals surface area contributed by atoms with Crippen molar-refractivity contribution in [3.05, 3.63) is 12.7 Å². The lowest BCUT2D eigenvalue weighted by Gasteiger charge is -2.36. The van der Waals surface area contributed by atoms with Crippen LogP contribution in [0.1, 0.15) is 1.43 Å². The molecule has 0 N–H and O–H groups in total. The summed E-state index contributed by atoms with van der Waals surface area (Å²) in [5.41, 5.74) is 0. The van der Waals surface area contributed by atoms with Crippen molar-refractivity contribution in [1.82, 2.24) is 0 Å². The molecule has 0 atom stereocenters. The summed E-state index contributed by atoms with van der Waals surface area (Å²) >= 11 is 0. The molecule has 0 rings (SSSR count). The lowest BCUT2D eigenvalue weighted by atomic mass is 10.0. The SMILES string of the molecule is C=CC(=O)OC(F)(F)C(F)(F)C(F)(F)C(F)(F)C(F)(F)F.[H+]. The van der Waals surface area contributed by atoms with E-state index >= 15 is 0 Å². The molecular weight excluding hydrogens is 337 g/mol. The summed E-state index contributed by atoms with van der Waals surface area (Å²) in [7, 11) is 0. The van der Waals surface area contributed by atoms with Gasteiger partial charge in [0.1, 0.15) is 0 Å². The number of ether oxygens (including phenoxy) is 1. The number of hydrogen-bond acceptors (Lipinski definition) is 2. The van der Waals surface area contributed by atoms with Crippen LogP contribution in [0.5, 0.6) is 0 Å². The predicted molar refractivity (Wildman–Crippen MR) is 43.2 cm³/mol. The molecule has 0 bridgehead atoms. The Labute approximate surface area is 109 Å². The molecule has 0 fully saturated rings. The highest BCUT2D eigenvalue weighted by atomic mass is 19.4. The first-order chi connectivity index (χ1) is 8.95. The third kappa shape index (κ3) is 2.90. The minimum atomic E-state index is -7.61. The van der Waals surface area contributed by atoms with Crippen molar-refractivity contribution in [1.29, 1.82) is 0 Å². The Bertz CT molecular complexity index is 428. The highest BCUT2D eigenvalue weighted by Crippen LogP contribution is 2.57. The summed E-state index contributed by atoms with van der Waals surface area (Å²) in [4.78, 5) is 10.2. The Kier molecular flexibility index (Phi) is 4.64. The molecule has 0 amide bonds. The van der Waals surface area contributed by atoms with Crippen LogP contribution in [0.2, 0.25) is 0 Å². The molecule has 0 radical (unpaired) electrons. The topological polar surface area (TPSA) is 26.3 Å². The van der Waals surface area contributed by atoms with Crippen LogP contribution in [-0.4, -0.2) is 36.0 Å². The van der Waals surface area contributed by atoms with Gasteiger partial charge in [0.05, 0.1) is 0 Å². The molecule has 0 aromatic heterocycles. The Balaban J connectivity index is 0. The summed E-state index contributed by atoms with van der Waals surface area (Å²) in [5.74, 6) is -24.9. The smallest absolute Gasteiger partial charge is 0.393 e. The van der Waals surface area contributed by atoms with Gasteiger partial charge in [0, 0.05) is 6.08 Å². The first-order valence-corrected chi connectivity index (χ1v) is 4.39. The summed E-state index contributed by atoms with van der Waals surface area (Å²) in [6, 6.07) is 0. The van der Waals surface area contributed by atoms with Gasteiger partial charge in [-0.25, -0.2) is 4.79 Å². The van der Waals surface area contributed by atoms with E-state index in [1.54, 1.807) is 0 Å². The Morgan fingerprint density at radius 2 is 1.19 bits per heavy atom. The monoisotopic (exact) mass is 341 g/mol. The largest absolute Gasteiger partial charge is 1.00 e. The van der Waals surface area contributed by atoms with E-state index < -0.39 is 36.0 Å². The fourth-order valence-corrected chi connectivity index (χ4v) is 0.790. The average molecular weight is 341 g/mol. The molecule has 0 heterocycles. The van der Waals surface area contributed by atoms with E-state index in [1.807, 2.05) is 0 Å². The fourth-order valence-electron chi connectivity index (χ4n) is 0.790. The van der Waals surface area contributed by atoms with Crippen LogP contribution in [0, 0.1) is 0 Å². The molecular formula is C8H4F11O2+. The molecule has 2 nitrogen and oxygen atoms in total. The van der Waals surface area contributed by atoms with Gasteiger partial charge in [-0.2, -0.15) is 48.3 Å². The Hall–Kier alpha value is -1.56. The third-order valence-electron chi connectivity index (χ3n) is 1.91. The van der Waals surface area contributed by atoms with Crippen LogP contribution >= 0.6 is 0 Å². The van der Waals surface area contributed by atoms with Crippen LogP contribution < -0.4 is 0 Å². The number of halogens is 11. The van der Waals surface area contributed by atoms with Gasteiger partial charge >= 0.3 is 37.4 Å². The van der Waals surface area contributed by atoms with E-state index in [4.69, 9.17) is 0 Å². The third-order valence-corrected chi connectivity index (χ3v) is 1.91. The van der Waals surface area contributed by atoms with E-state index in [0.29, 0.717) is 0 Å². The molecule has 0 aliphatic heterocycles. The lowest BCUT2D eigenvalue weighted by Crippen LogP contribution is -2.67. The number of carbonyl (C=O) groups excluding carboxylic acids is 1. The maximum Gasteiger partial charge on any atom is 1.00 e. The van der Waals surface area contributed by atoms with Crippen molar-refractivity contribution in [2.75, 3.05) is 0 Å². The number of alkyl halides is 11. The fraction of sp³-hybridized carbons (Fsp3) is 0.625. The minimum absolute atomic E-state index is 0. The number of esters is 1. The van der Waals surface area contributed by atoms with Gasteiger partial charge in [-0.1, -0.05) is 6.58 Å². The van der Waals surface area contributed by atoms with Gasteiger partial charge in [0.25, 0.3) is 0 Å². The molecule has 0 aliphatic carbocycles. The van der Waals surface area contributed by atoms with Crippen LogP contribution in [0.3, 0.4) is 0 Å². The summed E-state index contributed by atoms with van der Waals surface area (Å²) < 4.78 is 138. The number of rotatable bonds is 5. The molecule has 21 heavy (non-hydrogen) atoms. The zero-order valence-electron chi connectivity index (χ0n) is 10.3. The highest BCUT2D eigenvalue weighted by Gasteiger charge is 2.88. The predicted octanol–water partition coefficient (Wildman–Crippen LogP) is 3.89. The summed E-state index contributed by atoms with van der Waals surface area (Å²) in [6.07, 6.45) is -14.2. The molecule has 0 aromatic rings. The Morgan fingerprint density at radius 3 is 1.48 bits per heavy atom. The van der Waals surface area contributed by atoms with Crippen molar-refractivity contribution in [2.24, 2.45) is 0 Å². The normalized spacial score (nSPS) is 14.8. The van der Waals surface area contributed by atoms with Crippen molar-refractivity contribution < 1.29 is 59.3 Å². The quantitative estimate of drug-likeness (QED) is 0.431. The average Bonchev–Trinajstić information content (AvgIpc) is 2.25. The van der Waals surface area contributed by atoms with Gasteiger partial charge < -0.3 is 4.74 Å². The first-order valence-electron chi connectivity index (χ1n) is 4.39. The van der Waals surface area contributed by atoms with Gasteiger partial charge in [-0.05, 0) is 0 Å². The zero-order valence-corrected chi connectivity index (χ0v) is 9.26.